The van der Waals surface area contributed by atoms with E-state index < -0.39 is 10.3 Å². The first-order valence-corrected chi connectivity index (χ1v) is 6.22. The molecule has 0 aromatic rings. The van der Waals surface area contributed by atoms with Crippen molar-refractivity contribution in [1.29, 1.82) is 0 Å². The third-order valence-corrected chi connectivity index (χ3v) is 3.04. The van der Waals surface area contributed by atoms with Gasteiger partial charge in [0.15, 0.2) is 10.3 Å². The van der Waals surface area contributed by atoms with E-state index in [1.807, 2.05) is 0 Å². The largest absolute Gasteiger partial charge is 1.00 e. The normalized spacial score (nSPS) is 20.6. The molecule has 1 N–H and O–H groups in total. The van der Waals surface area contributed by atoms with Gasteiger partial charge in [-0.15, -0.1) is 0 Å². The Morgan fingerprint density at radius 2 is 1.43 bits per heavy atom. The number of hydrogen-bond acceptors (Lipinski definition) is 3. The van der Waals surface area contributed by atoms with Crippen LogP contribution in [0.1, 0.15) is 44.9 Å². The van der Waals surface area contributed by atoms with Gasteiger partial charge in [-0.25, -0.2) is 13.1 Å². The van der Waals surface area contributed by atoms with Gasteiger partial charge >= 0.3 is 29.6 Å². The van der Waals surface area contributed by atoms with Crippen LogP contribution in [0, 0.1) is 0 Å². The van der Waals surface area contributed by atoms with Gasteiger partial charge < -0.3 is 4.55 Å². The van der Waals surface area contributed by atoms with E-state index in [9.17, 15) is 13.0 Å². The van der Waals surface area contributed by atoms with E-state index in [2.05, 4.69) is 4.72 Å². The van der Waals surface area contributed by atoms with E-state index in [4.69, 9.17) is 0 Å². The van der Waals surface area contributed by atoms with Crippen LogP contribution in [0.25, 0.3) is 0 Å². The quantitative estimate of drug-likeness (QED) is 0.446. The van der Waals surface area contributed by atoms with Crippen LogP contribution in [0.5, 0.6) is 0 Å². The second-order valence-electron chi connectivity index (χ2n) is 3.61. The summed E-state index contributed by atoms with van der Waals surface area (Å²) in [7, 11) is -4.25. The maximum absolute atomic E-state index is 10.4. The Labute approximate surface area is 108 Å². The van der Waals surface area contributed by atoms with Crippen molar-refractivity contribution >= 4 is 10.3 Å². The number of rotatable bonds is 2. The zero-order chi connectivity index (χ0) is 9.73. The van der Waals surface area contributed by atoms with Gasteiger partial charge in [0, 0.05) is 6.04 Å². The Morgan fingerprint density at radius 3 is 1.86 bits per heavy atom. The van der Waals surface area contributed by atoms with Gasteiger partial charge in [-0.3, -0.25) is 0 Å². The van der Waals surface area contributed by atoms with Crippen LogP contribution in [0.15, 0.2) is 0 Å². The molecule has 0 radical (unpaired) electrons. The van der Waals surface area contributed by atoms with Gasteiger partial charge in [-0.1, -0.05) is 32.1 Å². The molecule has 0 aromatic carbocycles. The molecule has 6 heteroatoms. The van der Waals surface area contributed by atoms with Crippen molar-refractivity contribution in [3.63, 3.8) is 0 Å². The molecular weight excluding hydrogens is 213 g/mol. The molecule has 0 aromatic heterocycles. The van der Waals surface area contributed by atoms with Gasteiger partial charge in [0.1, 0.15) is 0 Å². The van der Waals surface area contributed by atoms with E-state index in [0.29, 0.717) is 0 Å². The van der Waals surface area contributed by atoms with Crippen LogP contribution in [0.2, 0.25) is 0 Å². The Balaban J connectivity index is 0.00000169. The molecule has 0 aliphatic heterocycles. The molecule has 1 rings (SSSR count). The predicted octanol–water partition coefficient (Wildman–Crippen LogP) is -1.85. The number of nitrogens with one attached hydrogen (secondary N) is 1. The van der Waals surface area contributed by atoms with E-state index in [1.54, 1.807) is 0 Å². The van der Waals surface area contributed by atoms with Crippen LogP contribution >= 0.6 is 0 Å². The maximum Gasteiger partial charge on any atom is 1.00 e. The molecule has 1 aliphatic carbocycles. The summed E-state index contributed by atoms with van der Waals surface area (Å²) in [6.07, 6.45) is 7.19. The van der Waals surface area contributed by atoms with Crippen LogP contribution in [0.4, 0.5) is 0 Å². The molecule has 4 nitrogen and oxygen atoms in total. The molecule has 14 heavy (non-hydrogen) atoms. The molecule has 0 unspecified atom stereocenters. The summed E-state index contributed by atoms with van der Waals surface area (Å²) in [4.78, 5) is 0. The van der Waals surface area contributed by atoms with Crippen molar-refractivity contribution in [2.75, 3.05) is 0 Å². The van der Waals surface area contributed by atoms with Gasteiger partial charge in [-0.2, -0.15) is 0 Å². The molecule has 0 atom stereocenters. The molecule has 1 fully saturated rings. The van der Waals surface area contributed by atoms with Crippen molar-refractivity contribution in [3.05, 3.63) is 0 Å². The Kier molecular flexibility index (Phi) is 7.64. The van der Waals surface area contributed by atoms with Crippen LogP contribution in [-0.2, 0) is 10.3 Å². The molecular formula is C8H16NNaO3S. The van der Waals surface area contributed by atoms with Crippen molar-refractivity contribution in [2.45, 2.75) is 51.0 Å². The fourth-order valence-electron chi connectivity index (χ4n) is 1.78. The molecule has 0 amide bonds. The molecule has 1 saturated carbocycles. The minimum Gasteiger partial charge on any atom is -0.735 e. The van der Waals surface area contributed by atoms with E-state index in [-0.39, 0.29) is 35.6 Å². The zero-order valence-corrected chi connectivity index (χ0v) is 11.5. The SMILES string of the molecule is O=S(=O)([O-])NC1CCCCCCC1.[Na+]. The topological polar surface area (TPSA) is 69.2 Å². The average molecular weight is 229 g/mol. The summed E-state index contributed by atoms with van der Waals surface area (Å²) in [5.74, 6) is 0. The van der Waals surface area contributed by atoms with Crippen LogP contribution in [0.3, 0.4) is 0 Å². The first kappa shape index (κ1) is 14.9. The van der Waals surface area contributed by atoms with Crippen molar-refractivity contribution in [3.8, 4) is 0 Å². The van der Waals surface area contributed by atoms with Crippen LogP contribution < -0.4 is 34.3 Å². The predicted molar refractivity (Wildman–Crippen MR) is 48.9 cm³/mol. The number of hydrogen-bond donors (Lipinski definition) is 1. The third kappa shape index (κ3) is 7.20. The van der Waals surface area contributed by atoms with Crippen LogP contribution in [-0.4, -0.2) is 19.0 Å². The Hall–Kier alpha value is 0.870. The second kappa shape index (κ2) is 7.19. The van der Waals surface area contributed by atoms with E-state index in [0.717, 1.165) is 38.5 Å². The maximum atomic E-state index is 10.4. The zero-order valence-electron chi connectivity index (χ0n) is 8.66. The second-order valence-corrected chi connectivity index (χ2v) is 4.76. The Morgan fingerprint density at radius 1 is 1.00 bits per heavy atom. The first-order valence-electron chi connectivity index (χ1n) is 4.81. The fraction of sp³-hybridized carbons (Fsp3) is 1.00. The fourth-order valence-corrected chi connectivity index (χ4v) is 2.42. The monoisotopic (exact) mass is 229 g/mol. The summed E-state index contributed by atoms with van der Waals surface area (Å²) >= 11 is 0. The van der Waals surface area contributed by atoms with Gasteiger partial charge in [-0.05, 0) is 12.8 Å². The van der Waals surface area contributed by atoms with Crippen molar-refractivity contribution in [1.82, 2.24) is 4.72 Å². The first-order chi connectivity index (χ1) is 6.08. The molecule has 0 heterocycles. The molecule has 0 spiro atoms. The van der Waals surface area contributed by atoms with E-state index >= 15 is 0 Å². The van der Waals surface area contributed by atoms with Gasteiger partial charge in [0.2, 0.25) is 0 Å². The molecule has 0 bridgehead atoms. The summed E-state index contributed by atoms with van der Waals surface area (Å²) < 4.78 is 33.4. The van der Waals surface area contributed by atoms with Gasteiger partial charge in [0.05, 0.1) is 0 Å². The summed E-state index contributed by atoms with van der Waals surface area (Å²) in [5.41, 5.74) is 0. The minimum absolute atomic E-state index is 0. The van der Waals surface area contributed by atoms with Crippen molar-refractivity contribution < 1.29 is 42.5 Å². The minimum atomic E-state index is -4.25. The van der Waals surface area contributed by atoms with Gasteiger partial charge in [0.25, 0.3) is 0 Å². The summed E-state index contributed by atoms with van der Waals surface area (Å²) in [6.45, 7) is 0. The average Bonchev–Trinajstić information content (AvgIpc) is 1.92. The molecule has 1 aliphatic rings. The Bertz CT molecular complexity index is 235. The summed E-state index contributed by atoms with van der Waals surface area (Å²) in [5, 5.41) is 0. The summed E-state index contributed by atoms with van der Waals surface area (Å²) in [6, 6.07) is -0.122. The molecule has 0 saturated heterocycles. The van der Waals surface area contributed by atoms with E-state index in [1.165, 1.54) is 6.42 Å². The standard InChI is InChI=1S/C8H17NO3S.Na/c10-13(11,12)9-8-6-4-2-1-3-5-7-8;/h8-9H,1-7H2,(H,10,11,12);/q;+1/p-1. The molecule has 78 valence electrons. The third-order valence-electron chi connectivity index (χ3n) is 2.42. The van der Waals surface area contributed by atoms with Crippen molar-refractivity contribution in [2.24, 2.45) is 0 Å². The smallest absolute Gasteiger partial charge is 0.735 e.